The summed E-state index contributed by atoms with van der Waals surface area (Å²) in [6.45, 7) is 10.0. The predicted molar refractivity (Wildman–Crippen MR) is 94.8 cm³/mol. The normalized spacial score (nSPS) is 9.32. The van der Waals surface area contributed by atoms with Crippen molar-refractivity contribution in [1.29, 1.82) is 0 Å². The molecule has 3 heteroatoms. The van der Waals surface area contributed by atoms with Crippen LogP contribution in [0, 0.1) is 6.92 Å². The minimum Gasteiger partial charge on any atom is -0.268 e. The van der Waals surface area contributed by atoms with Gasteiger partial charge in [-0.15, -0.1) is 0 Å². The van der Waals surface area contributed by atoms with Crippen LogP contribution in [0.2, 0.25) is 0 Å². The molecule has 0 aliphatic carbocycles. The van der Waals surface area contributed by atoms with Gasteiger partial charge in [0.1, 0.15) is 6.33 Å². The fourth-order valence-corrected chi connectivity index (χ4v) is 1.96. The van der Waals surface area contributed by atoms with Crippen molar-refractivity contribution in [2.45, 2.75) is 34.6 Å². The van der Waals surface area contributed by atoms with Crippen molar-refractivity contribution >= 4 is 10.9 Å². The molecule has 2 aromatic carbocycles. The molecule has 3 nitrogen and oxygen atoms in total. The van der Waals surface area contributed by atoms with Crippen LogP contribution in [-0.2, 0) is 0 Å². The fraction of sp³-hybridized carbons (Fsp3) is 0.263. The van der Waals surface area contributed by atoms with E-state index in [1.54, 1.807) is 17.0 Å². The minimum absolute atomic E-state index is 0.0375. The molecule has 1 heterocycles. The van der Waals surface area contributed by atoms with Gasteiger partial charge in [0.25, 0.3) is 5.56 Å². The highest BCUT2D eigenvalue weighted by atomic mass is 16.1. The molecule has 116 valence electrons. The van der Waals surface area contributed by atoms with E-state index in [-0.39, 0.29) is 5.56 Å². The van der Waals surface area contributed by atoms with Crippen LogP contribution in [0.5, 0.6) is 0 Å². The highest BCUT2D eigenvalue weighted by Crippen LogP contribution is 2.10. The molecule has 0 aliphatic heterocycles. The quantitative estimate of drug-likeness (QED) is 0.649. The molecule has 0 N–H and O–H groups in total. The van der Waals surface area contributed by atoms with Crippen LogP contribution in [0.15, 0.2) is 59.7 Å². The van der Waals surface area contributed by atoms with Crippen molar-refractivity contribution in [3.8, 4) is 5.69 Å². The molecule has 0 bridgehead atoms. The smallest absolute Gasteiger partial charge is 0.265 e. The van der Waals surface area contributed by atoms with Crippen LogP contribution in [0.1, 0.15) is 33.3 Å². The van der Waals surface area contributed by atoms with E-state index in [1.165, 1.54) is 5.56 Å². The highest BCUT2D eigenvalue weighted by Gasteiger charge is 2.04. The number of para-hydroxylation sites is 1. The number of nitrogens with zero attached hydrogens (tertiary/aromatic N) is 2. The summed E-state index contributed by atoms with van der Waals surface area (Å²) in [6, 6.07) is 15.2. The largest absolute Gasteiger partial charge is 0.268 e. The lowest BCUT2D eigenvalue weighted by Crippen LogP contribution is -2.18. The van der Waals surface area contributed by atoms with Gasteiger partial charge in [0.2, 0.25) is 0 Å². The van der Waals surface area contributed by atoms with E-state index in [0.717, 1.165) is 11.2 Å². The maximum Gasteiger partial charge on any atom is 0.265 e. The molecule has 0 fully saturated rings. The van der Waals surface area contributed by atoms with Crippen LogP contribution in [0.4, 0.5) is 0 Å². The van der Waals surface area contributed by atoms with Crippen LogP contribution >= 0.6 is 0 Å². The molecule has 0 amide bonds. The molecule has 3 aromatic rings. The van der Waals surface area contributed by atoms with Crippen molar-refractivity contribution in [2.75, 3.05) is 0 Å². The average Bonchev–Trinajstić information content (AvgIpc) is 2.60. The number of benzene rings is 2. The summed E-state index contributed by atoms with van der Waals surface area (Å²) in [5, 5.41) is 0.639. The summed E-state index contributed by atoms with van der Waals surface area (Å²) in [5.74, 6) is 0. The Balaban J connectivity index is 0.000000561. The second kappa shape index (κ2) is 8.78. The topological polar surface area (TPSA) is 34.9 Å². The van der Waals surface area contributed by atoms with Crippen molar-refractivity contribution < 1.29 is 0 Å². The maximum absolute atomic E-state index is 12.3. The standard InChI is InChI=1S/C15H12N2O.2C2H6/c1-11-6-8-12(9-7-11)17-10-16-14-5-3-2-4-13(14)15(17)18;2*1-2/h2-10H,1H3;2*1-2H3. The van der Waals surface area contributed by atoms with E-state index >= 15 is 0 Å². The van der Waals surface area contributed by atoms with Gasteiger partial charge >= 0.3 is 0 Å². The van der Waals surface area contributed by atoms with E-state index < -0.39 is 0 Å². The first-order valence-electron chi connectivity index (χ1n) is 7.79. The lowest BCUT2D eigenvalue weighted by atomic mass is 10.2. The van der Waals surface area contributed by atoms with Crippen molar-refractivity contribution in [3.63, 3.8) is 0 Å². The second-order valence-corrected chi connectivity index (χ2v) is 4.27. The molecule has 0 saturated carbocycles. The molecule has 1 aromatic heterocycles. The first kappa shape index (κ1) is 17.6. The van der Waals surface area contributed by atoms with Crippen LogP contribution in [0.3, 0.4) is 0 Å². The molecule has 3 rings (SSSR count). The van der Waals surface area contributed by atoms with Gasteiger partial charge < -0.3 is 0 Å². The summed E-state index contributed by atoms with van der Waals surface area (Å²) < 4.78 is 1.57. The van der Waals surface area contributed by atoms with Gasteiger partial charge in [0.05, 0.1) is 16.6 Å². The zero-order valence-corrected chi connectivity index (χ0v) is 14.0. The Morgan fingerprint density at radius 2 is 1.45 bits per heavy atom. The van der Waals surface area contributed by atoms with E-state index in [2.05, 4.69) is 4.98 Å². The third-order valence-electron chi connectivity index (χ3n) is 2.98. The zero-order chi connectivity index (χ0) is 16.5. The summed E-state index contributed by atoms with van der Waals surface area (Å²) in [5.41, 5.74) is 2.69. The number of rotatable bonds is 1. The van der Waals surface area contributed by atoms with Crippen LogP contribution < -0.4 is 5.56 Å². The maximum atomic E-state index is 12.3. The van der Waals surface area contributed by atoms with Crippen molar-refractivity contribution in [3.05, 3.63) is 70.8 Å². The number of aryl methyl sites for hydroxylation is 1. The number of fused-ring (bicyclic) bond motifs is 1. The third-order valence-corrected chi connectivity index (χ3v) is 2.98. The Kier molecular flexibility index (Phi) is 7.03. The van der Waals surface area contributed by atoms with Gasteiger partial charge in [-0.2, -0.15) is 0 Å². The summed E-state index contributed by atoms with van der Waals surface area (Å²) in [7, 11) is 0. The monoisotopic (exact) mass is 296 g/mol. The molecule has 0 spiro atoms. The molecule has 0 aliphatic rings. The Hall–Kier alpha value is -2.42. The van der Waals surface area contributed by atoms with E-state index in [0.29, 0.717) is 5.39 Å². The zero-order valence-electron chi connectivity index (χ0n) is 14.0. The molecular weight excluding hydrogens is 272 g/mol. The summed E-state index contributed by atoms with van der Waals surface area (Å²) in [6.07, 6.45) is 1.58. The molecule has 22 heavy (non-hydrogen) atoms. The van der Waals surface area contributed by atoms with Crippen molar-refractivity contribution in [1.82, 2.24) is 9.55 Å². The van der Waals surface area contributed by atoms with E-state index in [4.69, 9.17) is 0 Å². The predicted octanol–water partition coefficient (Wildman–Crippen LogP) is 4.75. The lowest BCUT2D eigenvalue weighted by molar-refractivity contribution is 0.962. The van der Waals surface area contributed by atoms with Crippen LogP contribution in [-0.4, -0.2) is 9.55 Å². The first-order chi connectivity index (χ1) is 10.8. The Morgan fingerprint density at radius 3 is 2.09 bits per heavy atom. The Bertz CT molecular complexity index is 758. The van der Waals surface area contributed by atoms with Gasteiger partial charge in [0, 0.05) is 0 Å². The average molecular weight is 296 g/mol. The van der Waals surface area contributed by atoms with Gasteiger partial charge in [-0.05, 0) is 31.2 Å². The van der Waals surface area contributed by atoms with E-state index in [9.17, 15) is 4.79 Å². The van der Waals surface area contributed by atoms with E-state index in [1.807, 2.05) is 77.1 Å². The molecule has 0 unspecified atom stereocenters. The first-order valence-corrected chi connectivity index (χ1v) is 7.79. The SMILES string of the molecule is CC.CC.Cc1ccc(-n2cnc3ccccc3c2=O)cc1. The molecular formula is C19H24N2O. The molecule has 0 saturated heterocycles. The molecule has 0 atom stereocenters. The molecule has 0 radical (unpaired) electrons. The number of aromatic nitrogens is 2. The van der Waals surface area contributed by atoms with Gasteiger partial charge in [-0.3, -0.25) is 9.36 Å². The minimum atomic E-state index is -0.0375. The third kappa shape index (κ3) is 3.82. The van der Waals surface area contributed by atoms with Gasteiger partial charge in [-0.1, -0.05) is 57.5 Å². The van der Waals surface area contributed by atoms with Crippen molar-refractivity contribution in [2.24, 2.45) is 0 Å². The lowest BCUT2D eigenvalue weighted by Gasteiger charge is -2.06. The van der Waals surface area contributed by atoms with Gasteiger partial charge in [-0.25, -0.2) is 4.98 Å². The summed E-state index contributed by atoms with van der Waals surface area (Å²) >= 11 is 0. The Labute approximate surface area is 132 Å². The van der Waals surface area contributed by atoms with Gasteiger partial charge in [0.15, 0.2) is 0 Å². The highest BCUT2D eigenvalue weighted by molar-refractivity contribution is 5.77. The number of hydrogen-bond donors (Lipinski definition) is 0. The number of hydrogen-bond acceptors (Lipinski definition) is 2. The Morgan fingerprint density at radius 1 is 0.864 bits per heavy atom. The van der Waals surface area contributed by atoms with Crippen LogP contribution in [0.25, 0.3) is 16.6 Å². The summed E-state index contributed by atoms with van der Waals surface area (Å²) in [4.78, 5) is 16.6. The second-order valence-electron chi connectivity index (χ2n) is 4.27. The fourth-order valence-electron chi connectivity index (χ4n) is 1.96.